The van der Waals surface area contributed by atoms with Crippen molar-refractivity contribution in [2.75, 3.05) is 6.79 Å². The number of benzene rings is 2. The van der Waals surface area contributed by atoms with E-state index < -0.39 is 16.8 Å². The molecule has 2 N–H and O–H groups in total. The molecule has 0 spiro atoms. The summed E-state index contributed by atoms with van der Waals surface area (Å²) in [5.41, 5.74) is 2.45. The predicted molar refractivity (Wildman–Crippen MR) is 132 cm³/mol. The zero-order chi connectivity index (χ0) is 24.9. The van der Waals surface area contributed by atoms with Crippen LogP contribution < -0.4 is 20.1 Å². The van der Waals surface area contributed by atoms with E-state index in [-0.39, 0.29) is 35.8 Å². The average molecular weight is 496 g/mol. The normalized spacial score (nSPS) is 22.1. The third-order valence-electron chi connectivity index (χ3n) is 6.70. The molecule has 0 unspecified atom stereocenters. The van der Waals surface area contributed by atoms with Gasteiger partial charge in [0.05, 0.1) is 0 Å². The van der Waals surface area contributed by atoms with Crippen LogP contribution in [0.25, 0.3) is 0 Å². The van der Waals surface area contributed by atoms with Crippen LogP contribution in [0.4, 0.5) is 0 Å². The Balaban J connectivity index is 1.29. The number of carbonyl (C=O) groups excluding carboxylic acids is 3. The molecule has 9 heteroatoms. The van der Waals surface area contributed by atoms with Crippen molar-refractivity contribution < 1.29 is 23.9 Å². The maximum atomic E-state index is 13.6. The molecule has 1 fully saturated rings. The molecule has 3 atom stereocenters. The van der Waals surface area contributed by atoms with Gasteiger partial charge in [0.15, 0.2) is 11.5 Å². The summed E-state index contributed by atoms with van der Waals surface area (Å²) in [7, 11) is 0. The van der Waals surface area contributed by atoms with Crippen LogP contribution in [0.15, 0.2) is 42.5 Å². The highest BCUT2D eigenvalue weighted by molar-refractivity contribution is 8.01. The van der Waals surface area contributed by atoms with Gasteiger partial charge in [-0.25, -0.2) is 0 Å². The van der Waals surface area contributed by atoms with Gasteiger partial charge in [-0.3, -0.25) is 14.4 Å². The van der Waals surface area contributed by atoms with E-state index in [9.17, 15) is 14.4 Å². The number of amides is 3. The molecular formula is C26H29N3O5S. The molecule has 35 heavy (non-hydrogen) atoms. The van der Waals surface area contributed by atoms with Gasteiger partial charge in [-0.1, -0.05) is 38.1 Å². The van der Waals surface area contributed by atoms with Crippen molar-refractivity contribution in [3.05, 3.63) is 59.2 Å². The molecule has 0 aromatic heterocycles. The third-order valence-corrected chi connectivity index (χ3v) is 8.23. The van der Waals surface area contributed by atoms with E-state index in [1.165, 1.54) is 0 Å². The van der Waals surface area contributed by atoms with Crippen molar-refractivity contribution in [1.29, 1.82) is 0 Å². The highest BCUT2D eigenvalue weighted by Crippen LogP contribution is 2.56. The van der Waals surface area contributed by atoms with Gasteiger partial charge in [-0.05, 0) is 49.1 Å². The first kappa shape index (κ1) is 23.5. The molecule has 184 valence electrons. The maximum absolute atomic E-state index is 13.6. The average Bonchev–Trinajstić information content (AvgIpc) is 3.47. The van der Waals surface area contributed by atoms with Gasteiger partial charge in [0.25, 0.3) is 5.91 Å². The maximum Gasteiger partial charge on any atom is 0.256 e. The molecule has 2 aromatic carbocycles. The lowest BCUT2D eigenvalue weighted by Crippen LogP contribution is -2.58. The summed E-state index contributed by atoms with van der Waals surface area (Å²) in [5, 5.41) is 5.66. The Bertz CT molecular complexity index is 1200. The molecular weight excluding hydrogens is 466 g/mol. The molecule has 0 radical (unpaired) electrons. The number of carbonyl (C=O) groups is 3. The minimum Gasteiger partial charge on any atom is -0.454 e. The van der Waals surface area contributed by atoms with Crippen LogP contribution in [0.5, 0.6) is 11.5 Å². The summed E-state index contributed by atoms with van der Waals surface area (Å²) in [6.45, 7) is 8.20. The number of ether oxygens (including phenoxy) is 2. The second-order valence-electron chi connectivity index (χ2n) is 9.91. The van der Waals surface area contributed by atoms with E-state index in [4.69, 9.17) is 9.47 Å². The zero-order valence-electron chi connectivity index (χ0n) is 20.2. The summed E-state index contributed by atoms with van der Waals surface area (Å²) < 4.78 is 10.2. The second kappa shape index (κ2) is 8.78. The van der Waals surface area contributed by atoms with Crippen molar-refractivity contribution in [2.45, 2.75) is 56.4 Å². The molecule has 3 amide bonds. The summed E-state index contributed by atoms with van der Waals surface area (Å²) in [4.78, 5) is 41.6. The van der Waals surface area contributed by atoms with E-state index in [0.717, 1.165) is 11.1 Å². The highest BCUT2D eigenvalue weighted by Gasteiger charge is 2.57. The molecule has 0 bridgehead atoms. The van der Waals surface area contributed by atoms with Crippen molar-refractivity contribution in [2.24, 2.45) is 5.92 Å². The number of hydrogen-bond donors (Lipinski definition) is 2. The molecule has 0 aliphatic carbocycles. The van der Waals surface area contributed by atoms with Crippen molar-refractivity contribution in [1.82, 2.24) is 15.5 Å². The lowest BCUT2D eigenvalue weighted by atomic mass is 9.98. The molecule has 1 saturated heterocycles. The monoisotopic (exact) mass is 495 g/mol. The van der Waals surface area contributed by atoms with Crippen LogP contribution in [-0.2, 0) is 16.1 Å². The van der Waals surface area contributed by atoms with Crippen LogP contribution in [0.3, 0.4) is 0 Å². The Labute approximate surface area is 208 Å². The van der Waals surface area contributed by atoms with Gasteiger partial charge < -0.3 is 25.0 Å². The van der Waals surface area contributed by atoms with E-state index in [1.54, 1.807) is 22.7 Å². The van der Waals surface area contributed by atoms with Gasteiger partial charge in [0, 0.05) is 16.9 Å². The van der Waals surface area contributed by atoms with Gasteiger partial charge in [-0.15, -0.1) is 11.8 Å². The topological polar surface area (TPSA) is 97.0 Å². The Morgan fingerprint density at radius 2 is 1.89 bits per heavy atom. The highest BCUT2D eigenvalue weighted by atomic mass is 32.2. The number of thioether (sulfide) groups is 1. The van der Waals surface area contributed by atoms with E-state index in [0.29, 0.717) is 23.6 Å². The van der Waals surface area contributed by atoms with Crippen molar-refractivity contribution >= 4 is 29.5 Å². The number of nitrogens with one attached hydrogen (secondary N) is 2. The zero-order valence-corrected chi connectivity index (χ0v) is 21.0. The van der Waals surface area contributed by atoms with E-state index >= 15 is 0 Å². The third kappa shape index (κ3) is 4.11. The minimum atomic E-state index is -0.739. The number of rotatable bonds is 6. The molecule has 8 nitrogen and oxygen atoms in total. The fourth-order valence-electron chi connectivity index (χ4n) is 4.92. The quantitative estimate of drug-likeness (QED) is 0.639. The minimum absolute atomic E-state index is 0.141. The molecule has 5 rings (SSSR count). The lowest BCUT2D eigenvalue weighted by molar-refractivity contribution is -0.132. The van der Waals surface area contributed by atoms with Gasteiger partial charge in [-0.2, -0.15) is 0 Å². The fraction of sp³-hybridized carbons (Fsp3) is 0.423. The first-order valence-electron chi connectivity index (χ1n) is 11.7. The fourth-order valence-corrected chi connectivity index (χ4v) is 6.51. The van der Waals surface area contributed by atoms with E-state index in [1.807, 2.05) is 64.1 Å². The summed E-state index contributed by atoms with van der Waals surface area (Å²) >= 11 is 1.60. The van der Waals surface area contributed by atoms with Gasteiger partial charge >= 0.3 is 0 Å². The Kier molecular flexibility index (Phi) is 5.91. The number of fused-ring (bicyclic) bond motifs is 4. The van der Waals surface area contributed by atoms with Crippen LogP contribution in [0.1, 0.15) is 54.6 Å². The van der Waals surface area contributed by atoms with Crippen molar-refractivity contribution in [3.8, 4) is 11.5 Å². The van der Waals surface area contributed by atoms with Gasteiger partial charge in [0.2, 0.25) is 18.6 Å². The smallest absolute Gasteiger partial charge is 0.256 e. The Morgan fingerprint density at radius 3 is 2.66 bits per heavy atom. The van der Waals surface area contributed by atoms with Crippen LogP contribution in [0, 0.1) is 5.92 Å². The Hall–Kier alpha value is -3.20. The first-order chi connectivity index (χ1) is 16.7. The lowest BCUT2D eigenvalue weighted by Gasteiger charge is -2.32. The van der Waals surface area contributed by atoms with Crippen molar-refractivity contribution in [3.63, 3.8) is 0 Å². The standard InChI is InChI=1S/C26H29N3O5S/c1-14(2)20(22(30)27-12-15-9-10-18-19(11-15)34-13-33-18)28-23(31)21-26(3,4)35-25-17-8-6-5-7-16(17)24(32)29(21)25/h5-11,14,20-21,25H,12-13H2,1-4H3,(H,27,30)(H,28,31)/t20-,21-,25-/m0/s1. The molecule has 2 aromatic rings. The number of hydrogen-bond acceptors (Lipinski definition) is 6. The van der Waals surface area contributed by atoms with Gasteiger partial charge in [0.1, 0.15) is 17.5 Å². The molecule has 3 heterocycles. The largest absolute Gasteiger partial charge is 0.454 e. The molecule has 3 aliphatic heterocycles. The summed E-state index contributed by atoms with van der Waals surface area (Å²) in [6, 6.07) is 11.6. The molecule has 3 aliphatic rings. The van der Waals surface area contributed by atoms with Crippen LogP contribution in [0.2, 0.25) is 0 Å². The summed E-state index contributed by atoms with van der Waals surface area (Å²) in [5.74, 6) is 0.455. The SMILES string of the molecule is CC(C)[C@H](NC(=O)[C@@H]1N2C(=O)c3ccccc3[C@@H]2SC1(C)C)C(=O)NCc1ccc2c(c1)OCO2. The summed E-state index contributed by atoms with van der Waals surface area (Å²) in [6.07, 6.45) is 0. The van der Waals surface area contributed by atoms with Crippen LogP contribution >= 0.6 is 11.8 Å². The Morgan fingerprint density at radius 1 is 1.14 bits per heavy atom. The molecule has 0 saturated carbocycles. The van der Waals surface area contributed by atoms with E-state index in [2.05, 4.69) is 10.6 Å². The first-order valence-corrected chi connectivity index (χ1v) is 12.6. The number of nitrogens with zero attached hydrogens (tertiary/aromatic N) is 1. The second-order valence-corrected chi connectivity index (χ2v) is 11.6. The predicted octanol–water partition coefficient (Wildman–Crippen LogP) is 3.22. The van der Waals surface area contributed by atoms with Crippen LogP contribution in [-0.4, -0.2) is 46.2 Å².